The fraction of sp³-hybridized carbons (Fsp3) is 0.208. The number of rotatable bonds is 7. The van der Waals surface area contributed by atoms with Gasteiger partial charge in [-0.2, -0.15) is 0 Å². The molecule has 0 aliphatic carbocycles. The molecule has 3 nitrogen and oxygen atoms in total. The zero-order valence-electron chi connectivity index (χ0n) is 16.8. The largest absolute Gasteiger partial charge is 0.503 e. The summed E-state index contributed by atoms with van der Waals surface area (Å²) in [6, 6.07) is 11.7. The molecule has 0 spiro atoms. The summed E-state index contributed by atoms with van der Waals surface area (Å²) >= 11 is 0. The van der Waals surface area contributed by atoms with E-state index in [1.54, 1.807) is 14.0 Å². The van der Waals surface area contributed by atoms with Crippen molar-refractivity contribution < 1.29 is 18.7 Å². The first-order valence-electron chi connectivity index (χ1n) is 9.41. The molecule has 0 bridgehead atoms. The van der Waals surface area contributed by atoms with Gasteiger partial charge in [0.1, 0.15) is 0 Å². The van der Waals surface area contributed by atoms with Crippen LogP contribution in [0.15, 0.2) is 65.9 Å². The molecule has 0 aromatic heterocycles. The van der Waals surface area contributed by atoms with Crippen molar-refractivity contribution >= 4 is 18.1 Å². The average molecular weight is 397 g/mol. The van der Waals surface area contributed by atoms with Crippen molar-refractivity contribution in [1.29, 1.82) is 0 Å². The first-order valence-corrected chi connectivity index (χ1v) is 9.41. The molecule has 0 atom stereocenters. The molecule has 2 aromatic rings. The standard InChI is InChI=1S/C24H25F2NO2/c1-4-5-11-20(13-12-18-9-7-6-8-10-18)27(3)24(29)17(2)14-19-15-21(25)23(28)22(26)16-19/h6-16,28H,4-5H2,1-3H3/b13-12+,17-14+,20-11+. The SMILES string of the molecule is CCC/C=C(\C=C\c1ccccc1)N(C)C(=O)/C(C)=C/c1cc(F)c(O)c(F)c1. The number of hydrogen-bond acceptors (Lipinski definition) is 2. The Morgan fingerprint density at radius 2 is 1.72 bits per heavy atom. The number of benzene rings is 2. The van der Waals surface area contributed by atoms with Crippen molar-refractivity contribution in [2.75, 3.05) is 7.05 Å². The molecular formula is C24H25F2NO2. The van der Waals surface area contributed by atoms with Gasteiger partial charge in [-0.15, -0.1) is 0 Å². The minimum Gasteiger partial charge on any atom is -0.503 e. The van der Waals surface area contributed by atoms with Crippen molar-refractivity contribution in [2.45, 2.75) is 26.7 Å². The van der Waals surface area contributed by atoms with E-state index in [2.05, 4.69) is 6.92 Å². The third-order valence-electron chi connectivity index (χ3n) is 4.34. The molecule has 0 unspecified atom stereocenters. The van der Waals surface area contributed by atoms with E-state index in [9.17, 15) is 18.7 Å². The number of aromatic hydroxyl groups is 1. The average Bonchev–Trinajstić information content (AvgIpc) is 2.71. The summed E-state index contributed by atoms with van der Waals surface area (Å²) in [5.74, 6) is -3.46. The van der Waals surface area contributed by atoms with Crippen LogP contribution in [0.4, 0.5) is 8.78 Å². The van der Waals surface area contributed by atoms with Crippen LogP contribution in [0.2, 0.25) is 0 Å². The summed E-state index contributed by atoms with van der Waals surface area (Å²) in [6.45, 7) is 3.63. The minimum atomic E-state index is -1.07. The Labute approximate surface area is 170 Å². The van der Waals surface area contributed by atoms with Gasteiger partial charge in [0.25, 0.3) is 5.91 Å². The number of likely N-dealkylation sites (N-methyl/N-ethyl adjacent to an activating group) is 1. The normalized spacial score (nSPS) is 12.4. The summed E-state index contributed by atoms with van der Waals surface area (Å²) in [7, 11) is 1.66. The second-order valence-electron chi connectivity index (χ2n) is 6.69. The highest BCUT2D eigenvalue weighted by Gasteiger charge is 2.15. The second-order valence-corrected chi connectivity index (χ2v) is 6.69. The number of hydrogen-bond donors (Lipinski definition) is 1. The lowest BCUT2D eigenvalue weighted by Crippen LogP contribution is -2.26. The van der Waals surface area contributed by atoms with Crippen LogP contribution in [0.5, 0.6) is 5.75 Å². The van der Waals surface area contributed by atoms with Crippen molar-refractivity contribution in [1.82, 2.24) is 4.90 Å². The Bertz CT molecular complexity index is 924. The van der Waals surface area contributed by atoms with E-state index in [-0.39, 0.29) is 11.5 Å². The van der Waals surface area contributed by atoms with Gasteiger partial charge < -0.3 is 10.0 Å². The van der Waals surface area contributed by atoms with E-state index in [0.29, 0.717) is 5.57 Å². The fourth-order valence-corrected chi connectivity index (χ4v) is 2.72. The first kappa shape index (κ1) is 22.1. The maximum atomic E-state index is 13.5. The molecule has 0 saturated heterocycles. The number of carbonyl (C=O) groups excluding carboxylic acids is 1. The lowest BCUT2D eigenvalue weighted by atomic mass is 10.1. The highest BCUT2D eigenvalue weighted by molar-refractivity contribution is 5.98. The molecule has 2 rings (SSSR count). The van der Waals surface area contributed by atoms with Crippen LogP contribution in [0.1, 0.15) is 37.8 Å². The van der Waals surface area contributed by atoms with E-state index >= 15 is 0 Å². The highest BCUT2D eigenvalue weighted by Crippen LogP contribution is 2.23. The lowest BCUT2D eigenvalue weighted by molar-refractivity contribution is -0.123. The van der Waals surface area contributed by atoms with Crippen LogP contribution in [0.3, 0.4) is 0 Å². The Kier molecular flexibility index (Phi) is 7.89. The summed E-state index contributed by atoms with van der Waals surface area (Å²) in [6.07, 6.45) is 8.91. The van der Waals surface area contributed by atoms with Crippen LogP contribution in [-0.4, -0.2) is 23.0 Å². The third kappa shape index (κ3) is 6.14. The first-order chi connectivity index (χ1) is 13.8. The van der Waals surface area contributed by atoms with Gasteiger partial charge >= 0.3 is 0 Å². The van der Waals surface area contributed by atoms with Crippen LogP contribution in [0, 0.1) is 11.6 Å². The number of halogens is 2. The van der Waals surface area contributed by atoms with Crippen molar-refractivity contribution in [3.8, 4) is 5.75 Å². The van der Waals surface area contributed by atoms with Gasteiger partial charge in [-0.3, -0.25) is 4.79 Å². The van der Waals surface area contributed by atoms with Gasteiger partial charge in [-0.1, -0.05) is 55.8 Å². The summed E-state index contributed by atoms with van der Waals surface area (Å²) < 4.78 is 27.1. The predicted molar refractivity (Wildman–Crippen MR) is 113 cm³/mol. The van der Waals surface area contributed by atoms with Gasteiger partial charge in [-0.25, -0.2) is 8.78 Å². The Morgan fingerprint density at radius 1 is 1.10 bits per heavy atom. The molecule has 0 aliphatic heterocycles. The molecule has 0 radical (unpaired) electrons. The van der Waals surface area contributed by atoms with E-state index < -0.39 is 17.4 Å². The van der Waals surface area contributed by atoms with E-state index in [1.807, 2.05) is 48.6 Å². The maximum Gasteiger partial charge on any atom is 0.253 e. The second kappa shape index (κ2) is 10.4. The smallest absolute Gasteiger partial charge is 0.253 e. The topological polar surface area (TPSA) is 40.5 Å². The maximum absolute atomic E-state index is 13.5. The number of unbranched alkanes of at least 4 members (excludes halogenated alkanes) is 1. The fourth-order valence-electron chi connectivity index (χ4n) is 2.72. The van der Waals surface area contributed by atoms with Crippen molar-refractivity contribution in [3.05, 3.63) is 88.6 Å². The predicted octanol–water partition coefficient (Wildman–Crippen LogP) is 5.93. The third-order valence-corrected chi connectivity index (χ3v) is 4.34. The van der Waals surface area contributed by atoms with Gasteiger partial charge in [-0.05, 0) is 48.8 Å². The van der Waals surface area contributed by atoms with Crippen LogP contribution >= 0.6 is 0 Å². The van der Waals surface area contributed by atoms with Gasteiger partial charge in [0.05, 0.1) is 0 Å². The Balaban J connectivity index is 2.26. The summed E-state index contributed by atoms with van der Waals surface area (Å²) in [4.78, 5) is 14.4. The number of nitrogens with zero attached hydrogens (tertiary/aromatic N) is 1. The molecule has 29 heavy (non-hydrogen) atoms. The van der Waals surface area contributed by atoms with Crippen LogP contribution in [-0.2, 0) is 4.79 Å². The molecule has 5 heteroatoms. The minimum absolute atomic E-state index is 0.163. The molecule has 0 heterocycles. The number of amides is 1. The molecular weight excluding hydrogens is 372 g/mol. The molecule has 0 saturated carbocycles. The number of phenols is 1. The molecule has 2 aromatic carbocycles. The van der Waals surface area contributed by atoms with Crippen molar-refractivity contribution in [3.63, 3.8) is 0 Å². The molecule has 0 aliphatic rings. The van der Waals surface area contributed by atoms with Gasteiger partial charge in [0, 0.05) is 18.3 Å². The van der Waals surface area contributed by atoms with Gasteiger partial charge in [0.15, 0.2) is 17.4 Å². The summed E-state index contributed by atoms with van der Waals surface area (Å²) in [5.41, 5.74) is 2.22. The number of allylic oxidation sites excluding steroid dienone is 2. The lowest BCUT2D eigenvalue weighted by Gasteiger charge is -2.19. The van der Waals surface area contributed by atoms with Crippen LogP contribution in [0.25, 0.3) is 12.2 Å². The molecule has 1 amide bonds. The van der Waals surface area contributed by atoms with E-state index in [0.717, 1.165) is 36.2 Å². The number of phenolic OH excluding ortho intramolecular Hbond substituents is 1. The van der Waals surface area contributed by atoms with E-state index in [1.165, 1.54) is 11.0 Å². The van der Waals surface area contributed by atoms with Crippen LogP contribution < -0.4 is 0 Å². The van der Waals surface area contributed by atoms with Gasteiger partial charge in [0.2, 0.25) is 0 Å². The summed E-state index contributed by atoms with van der Waals surface area (Å²) in [5, 5.41) is 9.21. The van der Waals surface area contributed by atoms with E-state index in [4.69, 9.17) is 0 Å². The molecule has 0 fully saturated rings. The quantitative estimate of drug-likeness (QED) is 0.465. The highest BCUT2D eigenvalue weighted by atomic mass is 19.1. The van der Waals surface area contributed by atoms with Crippen molar-refractivity contribution in [2.24, 2.45) is 0 Å². The Morgan fingerprint density at radius 3 is 2.31 bits per heavy atom. The Hall–Kier alpha value is -3.21. The zero-order valence-corrected chi connectivity index (χ0v) is 16.8. The monoisotopic (exact) mass is 397 g/mol. The molecule has 152 valence electrons. The zero-order chi connectivity index (χ0) is 21.4. The molecule has 1 N–H and O–H groups in total. The number of carbonyl (C=O) groups is 1.